The zero-order valence-electron chi connectivity index (χ0n) is 12.3. The van der Waals surface area contributed by atoms with Crippen LogP contribution in [-0.2, 0) is 4.74 Å². The van der Waals surface area contributed by atoms with Gasteiger partial charge in [0.15, 0.2) is 5.78 Å². The number of rotatable bonds is 6. The van der Waals surface area contributed by atoms with E-state index < -0.39 is 0 Å². The van der Waals surface area contributed by atoms with Crippen LogP contribution in [0.4, 0.5) is 0 Å². The Balaban J connectivity index is 2.16. The molecule has 0 amide bonds. The zero-order valence-corrected chi connectivity index (χ0v) is 13.9. The highest BCUT2D eigenvalue weighted by atomic mass is 79.9. The van der Waals surface area contributed by atoms with Crippen LogP contribution in [-0.4, -0.2) is 18.4 Å². The van der Waals surface area contributed by atoms with Crippen molar-refractivity contribution in [2.45, 2.75) is 19.8 Å². The minimum Gasteiger partial charge on any atom is -0.462 e. The van der Waals surface area contributed by atoms with Crippen LogP contribution < -0.4 is 0 Å². The highest BCUT2D eigenvalue weighted by Crippen LogP contribution is 2.21. The van der Waals surface area contributed by atoms with Gasteiger partial charge in [0.2, 0.25) is 0 Å². The lowest BCUT2D eigenvalue weighted by atomic mass is 10.0. The molecule has 0 saturated carbocycles. The van der Waals surface area contributed by atoms with Crippen molar-refractivity contribution in [3.8, 4) is 0 Å². The number of unbranched alkanes of at least 4 members (excludes halogenated alkanes) is 1. The third-order valence-corrected chi connectivity index (χ3v) is 3.87. The molecule has 0 aromatic heterocycles. The lowest BCUT2D eigenvalue weighted by Gasteiger charge is -2.07. The summed E-state index contributed by atoms with van der Waals surface area (Å²) in [5.74, 6) is -0.453. The lowest BCUT2D eigenvalue weighted by molar-refractivity contribution is 0.0498. The van der Waals surface area contributed by atoms with Gasteiger partial charge in [-0.05, 0) is 34.5 Å². The summed E-state index contributed by atoms with van der Waals surface area (Å²) in [6, 6.07) is 14.0. The van der Waals surface area contributed by atoms with Crippen LogP contribution in [0.25, 0.3) is 0 Å². The second-order valence-corrected chi connectivity index (χ2v) is 5.73. The summed E-state index contributed by atoms with van der Waals surface area (Å²) in [6.45, 7) is 2.44. The van der Waals surface area contributed by atoms with Gasteiger partial charge >= 0.3 is 5.97 Å². The molecule has 0 radical (unpaired) electrons. The van der Waals surface area contributed by atoms with Crippen LogP contribution >= 0.6 is 15.9 Å². The summed E-state index contributed by atoms with van der Waals surface area (Å²) in [6.07, 6.45) is 1.81. The second-order valence-electron chi connectivity index (χ2n) is 4.88. The Labute approximate surface area is 138 Å². The minimum atomic E-state index is -0.376. The first kappa shape index (κ1) is 16.4. The number of ether oxygens (including phenoxy) is 1. The molecule has 114 valence electrons. The van der Waals surface area contributed by atoms with E-state index in [0.29, 0.717) is 27.8 Å². The maximum absolute atomic E-state index is 12.4. The molecule has 0 atom stereocenters. The van der Waals surface area contributed by atoms with Gasteiger partial charge in [-0.3, -0.25) is 4.79 Å². The van der Waals surface area contributed by atoms with Crippen LogP contribution in [0, 0.1) is 0 Å². The summed E-state index contributed by atoms with van der Waals surface area (Å²) in [5, 5.41) is 0. The summed E-state index contributed by atoms with van der Waals surface area (Å²) in [7, 11) is 0. The van der Waals surface area contributed by atoms with Crippen LogP contribution in [0.3, 0.4) is 0 Å². The molecule has 4 heteroatoms. The Morgan fingerprint density at radius 2 is 1.77 bits per heavy atom. The van der Waals surface area contributed by atoms with Crippen molar-refractivity contribution in [1.29, 1.82) is 0 Å². The highest BCUT2D eigenvalue weighted by Gasteiger charge is 2.15. The van der Waals surface area contributed by atoms with Crippen LogP contribution in [0.2, 0.25) is 0 Å². The number of hydrogen-bond donors (Lipinski definition) is 0. The molecule has 0 aliphatic rings. The molecule has 2 rings (SSSR count). The number of ketones is 1. The normalized spacial score (nSPS) is 10.3. The molecule has 0 N–H and O–H groups in total. The first-order valence-corrected chi connectivity index (χ1v) is 7.99. The van der Waals surface area contributed by atoms with Crippen LogP contribution in [0.1, 0.15) is 46.0 Å². The number of halogens is 1. The molecule has 0 bridgehead atoms. The first-order valence-electron chi connectivity index (χ1n) is 7.20. The Hall–Kier alpha value is -1.94. The van der Waals surface area contributed by atoms with E-state index in [1.165, 1.54) is 0 Å². The molecule has 0 aliphatic heterocycles. The smallest absolute Gasteiger partial charge is 0.339 e. The molecule has 3 nitrogen and oxygen atoms in total. The first-order chi connectivity index (χ1) is 10.6. The number of carbonyl (C=O) groups excluding carboxylic acids is 2. The number of carbonyl (C=O) groups is 2. The predicted octanol–water partition coefficient (Wildman–Crippen LogP) is 4.64. The predicted molar refractivity (Wildman–Crippen MR) is 89.2 cm³/mol. The maximum Gasteiger partial charge on any atom is 0.339 e. The van der Waals surface area contributed by atoms with E-state index in [-0.39, 0.29) is 11.8 Å². The van der Waals surface area contributed by atoms with Gasteiger partial charge in [0, 0.05) is 15.6 Å². The maximum atomic E-state index is 12.4. The summed E-state index contributed by atoms with van der Waals surface area (Å²) < 4.78 is 5.75. The quantitative estimate of drug-likeness (QED) is 0.428. The molecule has 22 heavy (non-hydrogen) atoms. The van der Waals surface area contributed by atoms with Crippen molar-refractivity contribution >= 4 is 27.7 Å². The third-order valence-electron chi connectivity index (χ3n) is 3.22. The molecule has 0 unspecified atom stereocenters. The molecule has 2 aromatic carbocycles. The van der Waals surface area contributed by atoms with Gasteiger partial charge in [-0.25, -0.2) is 4.79 Å². The van der Waals surface area contributed by atoms with E-state index in [2.05, 4.69) is 15.9 Å². The van der Waals surface area contributed by atoms with E-state index in [9.17, 15) is 9.59 Å². The standard InChI is InChI=1S/C18H17BrO3/c1-2-3-11-22-18(21)15-10-9-14(12-16(15)19)17(20)13-7-5-4-6-8-13/h4-10,12H,2-3,11H2,1H3. The van der Waals surface area contributed by atoms with Gasteiger partial charge in [-0.15, -0.1) is 0 Å². The fourth-order valence-electron chi connectivity index (χ4n) is 1.97. The Bertz CT molecular complexity index is 665. The van der Waals surface area contributed by atoms with E-state index in [1.54, 1.807) is 30.3 Å². The van der Waals surface area contributed by atoms with Gasteiger partial charge < -0.3 is 4.74 Å². The average molecular weight is 361 g/mol. The van der Waals surface area contributed by atoms with Crippen molar-refractivity contribution in [1.82, 2.24) is 0 Å². The van der Waals surface area contributed by atoms with Crippen molar-refractivity contribution in [3.05, 3.63) is 69.7 Å². The highest BCUT2D eigenvalue weighted by molar-refractivity contribution is 9.10. The number of benzene rings is 2. The second kappa shape index (κ2) is 7.90. The molecule has 0 heterocycles. The summed E-state index contributed by atoms with van der Waals surface area (Å²) in [5.41, 5.74) is 1.58. The van der Waals surface area contributed by atoms with Gasteiger partial charge in [-0.2, -0.15) is 0 Å². The molecule has 0 aliphatic carbocycles. The molecule has 2 aromatic rings. The average Bonchev–Trinajstić information content (AvgIpc) is 2.55. The lowest BCUT2D eigenvalue weighted by Crippen LogP contribution is -2.08. The zero-order chi connectivity index (χ0) is 15.9. The van der Waals surface area contributed by atoms with Crippen LogP contribution in [0.15, 0.2) is 53.0 Å². The van der Waals surface area contributed by atoms with Crippen molar-refractivity contribution in [2.24, 2.45) is 0 Å². The van der Waals surface area contributed by atoms with E-state index in [0.717, 1.165) is 12.8 Å². The third kappa shape index (κ3) is 4.04. The van der Waals surface area contributed by atoms with Crippen molar-refractivity contribution < 1.29 is 14.3 Å². The summed E-state index contributed by atoms with van der Waals surface area (Å²) in [4.78, 5) is 24.3. The molecule has 0 fully saturated rings. The van der Waals surface area contributed by atoms with Crippen molar-refractivity contribution in [2.75, 3.05) is 6.61 Å². The Morgan fingerprint density at radius 1 is 1.05 bits per heavy atom. The minimum absolute atomic E-state index is 0.0767. The van der Waals surface area contributed by atoms with E-state index in [4.69, 9.17) is 4.74 Å². The fraction of sp³-hybridized carbons (Fsp3) is 0.222. The number of esters is 1. The summed E-state index contributed by atoms with van der Waals surface area (Å²) >= 11 is 3.34. The topological polar surface area (TPSA) is 43.4 Å². The molecule has 0 saturated heterocycles. The van der Waals surface area contributed by atoms with E-state index >= 15 is 0 Å². The van der Waals surface area contributed by atoms with Crippen molar-refractivity contribution in [3.63, 3.8) is 0 Å². The molecular formula is C18H17BrO3. The fourth-order valence-corrected chi connectivity index (χ4v) is 2.51. The van der Waals surface area contributed by atoms with E-state index in [1.807, 2.05) is 25.1 Å². The Kier molecular flexibility index (Phi) is 5.90. The van der Waals surface area contributed by atoms with Gasteiger partial charge in [0.1, 0.15) is 0 Å². The molecule has 0 spiro atoms. The van der Waals surface area contributed by atoms with Gasteiger partial charge in [-0.1, -0.05) is 49.7 Å². The van der Waals surface area contributed by atoms with Crippen LogP contribution in [0.5, 0.6) is 0 Å². The largest absolute Gasteiger partial charge is 0.462 e. The number of hydrogen-bond acceptors (Lipinski definition) is 3. The van der Waals surface area contributed by atoms with Gasteiger partial charge in [0.25, 0.3) is 0 Å². The van der Waals surface area contributed by atoms with Gasteiger partial charge in [0.05, 0.1) is 12.2 Å². The monoisotopic (exact) mass is 360 g/mol. The molecular weight excluding hydrogens is 344 g/mol. The Morgan fingerprint density at radius 3 is 2.41 bits per heavy atom. The SMILES string of the molecule is CCCCOC(=O)c1ccc(C(=O)c2ccccc2)cc1Br.